The van der Waals surface area contributed by atoms with E-state index in [-0.39, 0.29) is 11.5 Å². The van der Waals surface area contributed by atoms with Crippen LogP contribution in [0.25, 0.3) is 10.9 Å². The summed E-state index contributed by atoms with van der Waals surface area (Å²) in [5, 5.41) is 3.52. The Morgan fingerprint density at radius 2 is 1.60 bits per heavy atom. The van der Waals surface area contributed by atoms with E-state index in [2.05, 4.69) is 15.3 Å². The number of rotatable bonds is 6. The van der Waals surface area contributed by atoms with Gasteiger partial charge in [-0.2, -0.15) is 0 Å². The van der Waals surface area contributed by atoms with Crippen LogP contribution in [0.5, 0.6) is 17.2 Å². The number of anilines is 1. The maximum absolute atomic E-state index is 12.6. The van der Waals surface area contributed by atoms with E-state index in [1.54, 1.807) is 36.4 Å². The van der Waals surface area contributed by atoms with Crippen LogP contribution in [0.2, 0.25) is 0 Å². The van der Waals surface area contributed by atoms with Crippen LogP contribution in [0.15, 0.2) is 72.4 Å². The van der Waals surface area contributed by atoms with Gasteiger partial charge in [0.2, 0.25) is 11.6 Å². The zero-order valence-corrected chi connectivity index (χ0v) is 16.2. The van der Waals surface area contributed by atoms with Gasteiger partial charge in [-0.05, 0) is 18.2 Å². The molecule has 0 fully saturated rings. The third-order valence-electron chi connectivity index (χ3n) is 4.41. The van der Waals surface area contributed by atoms with Gasteiger partial charge in [-0.15, -0.1) is 0 Å². The third kappa shape index (κ3) is 3.70. The molecule has 1 N–H and O–H groups in total. The molecule has 1 aromatic heterocycles. The van der Waals surface area contributed by atoms with Crippen molar-refractivity contribution in [1.82, 2.24) is 9.97 Å². The zero-order valence-electron chi connectivity index (χ0n) is 16.2. The predicted molar refractivity (Wildman–Crippen MR) is 110 cm³/mol. The zero-order chi connectivity index (χ0) is 21.1. The van der Waals surface area contributed by atoms with Gasteiger partial charge >= 0.3 is 0 Å². The minimum absolute atomic E-state index is 0.0456. The molecule has 0 radical (unpaired) electrons. The van der Waals surface area contributed by atoms with E-state index in [0.29, 0.717) is 34.0 Å². The van der Waals surface area contributed by atoms with Crippen LogP contribution in [0, 0.1) is 0 Å². The van der Waals surface area contributed by atoms with Gasteiger partial charge in [-0.25, -0.2) is 9.97 Å². The fraction of sp³-hybridized carbons (Fsp3) is 0.0909. The van der Waals surface area contributed by atoms with Crippen LogP contribution in [0.4, 0.5) is 5.82 Å². The first-order chi connectivity index (χ1) is 14.6. The van der Waals surface area contributed by atoms with E-state index >= 15 is 0 Å². The number of ether oxygens (including phenoxy) is 3. The summed E-state index contributed by atoms with van der Waals surface area (Å²) < 4.78 is 16.1. The summed E-state index contributed by atoms with van der Waals surface area (Å²) in [5.41, 5.74) is 0.666. The number of carbonyl (C=O) groups is 2. The van der Waals surface area contributed by atoms with E-state index in [1.807, 2.05) is 6.07 Å². The largest absolute Gasteiger partial charge is 0.493 e. The van der Waals surface area contributed by atoms with Crippen molar-refractivity contribution < 1.29 is 23.8 Å². The van der Waals surface area contributed by atoms with Crippen LogP contribution in [0.1, 0.15) is 0 Å². The van der Waals surface area contributed by atoms with E-state index in [1.165, 1.54) is 26.6 Å². The Bertz CT molecular complexity index is 1200. The number of hydrogen-bond donors (Lipinski definition) is 1. The van der Waals surface area contributed by atoms with Crippen molar-refractivity contribution in [3.63, 3.8) is 0 Å². The summed E-state index contributed by atoms with van der Waals surface area (Å²) in [4.78, 5) is 33.5. The molecular weight excluding hydrogens is 386 g/mol. The standard InChI is InChI=1S/C22H17N3O5/c1-28-20-8-14-15(10-21(20)29-2)23-12-24-22(14)25-16-9-18(27)19(11-17(16)26)30-13-6-4-3-5-7-13/h3-12H,1-2H3,(H,23,24,25). The number of hydrogen-bond acceptors (Lipinski definition) is 8. The van der Waals surface area contributed by atoms with Crippen LogP contribution < -0.4 is 19.5 Å². The molecule has 1 aliphatic rings. The van der Waals surface area contributed by atoms with E-state index in [4.69, 9.17) is 14.2 Å². The first kappa shape index (κ1) is 19.1. The summed E-state index contributed by atoms with van der Waals surface area (Å²) >= 11 is 0. The van der Waals surface area contributed by atoms with Crippen molar-refractivity contribution in [1.29, 1.82) is 0 Å². The predicted octanol–water partition coefficient (Wildman–Crippen LogP) is 3.06. The van der Waals surface area contributed by atoms with Crippen molar-refractivity contribution >= 4 is 28.3 Å². The Kier molecular flexibility index (Phi) is 5.13. The van der Waals surface area contributed by atoms with E-state index < -0.39 is 11.6 Å². The lowest BCUT2D eigenvalue weighted by molar-refractivity contribution is -0.116. The molecule has 0 amide bonds. The van der Waals surface area contributed by atoms with Crippen LogP contribution in [-0.4, -0.2) is 35.8 Å². The van der Waals surface area contributed by atoms with Gasteiger partial charge in [0, 0.05) is 23.6 Å². The lowest BCUT2D eigenvalue weighted by atomic mass is 10.1. The molecule has 1 heterocycles. The lowest BCUT2D eigenvalue weighted by Gasteiger charge is -2.16. The lowest BCUT2D eigenvalue weighted by Crippen LogP contribution is -2.21. The highest BCUT2D eigenvalue weighted by atomic mass is 16.5. The molecule has 4 rings (SSSR count). The van der Waals surface area contributed by atoms with Gasteiger partial charge < -0.3 is 19.5 Å². The number of nitrogens with one attached hydrogen (secondary N) is 1. The fourth-order valence-corrected chi connectivity index (χ4v) is 2.94. The molecule has 0 aliphatic heterocycles. The second-order valence-electron chi connectivity index (χ2n) is 6.28. The molecule has 8 nitrogen and oxygen atoms in total. The Labute approximate surface area is 171 Å². The Hall–Kier alpha value is -4.20. The Balaban J connectivity index is 1.62. The summed E-state index contributed by atoms with van der Waals surface area (Å²) in [5.74, 6) is 0.943. The van der Waals surface area contributed by atoms with Gasteiger partial charge in [0.25, 0.3) is 0 Å². The quantitative estimate of drug-likeness (QED) is 0.627. The van der Waals surface area contributed by atoms with Crippen LogP contribution in [-0.2, 0) is 9.59 Å². The third-order valence-corrected chi connectivity index (χ3v) is 4.41. The fourth-order valence-electron chi connectivity index (χ4n) is 2.94. The Morgan fingerprint density at radius 1 is 0.867 bits per heavy atom. The van der Waals surface area contributed by atoms with Crippen LogP contribution >= 0.6 is 0 Å². The summed E-state index contributed by atoms with van der Waals surface area (Å²) in [6.45, 7) is 0. The average Bonchev–Trinajstić information content (AvgIpc) is 2.77. The summed E-state index contributed by atoms with van der Waals surface area (Å²) in [6.07, 6.45) is 3.70. The second-order valence-corrected chi connectivity index (χ2v) is 6.28. The molecule has 3 aromatic rings. The van der Waals surface area contributed by atoms with Gasteiger partial charge in [0.1, 0.15) is 17.9 Å². The van der Waals surface area contributed by atoms with Gasteiger partial charge in [-0.1, -0.05) is 18.2 Å². The summed E-state index contributed by atoms with van der Waals surface area (Å²) in [7, 11) is 3.05. The number of para-hydroxylation sites is 1. The maximum Gasteiger partial charge on any atom is 0.223 e. The molecule has 1 aliphatic carbocycles. The highest BCUT2D eigenvalue weighted by Crippen LogP contribution is 2.34. The number of aromatic nitrogens is 2. The van der Waals surface area contributed by atoms with Crippen molar-refractivity contribution in [2.75, 3.05) is 19.5 Å². The number of benzene rings is 2. The van der Waals surface area contributed by atoms with Gasteiger partial charge in [0.15, 0.2) is 17.3 Å². The van der Waals surface area contributed by atoms with Crippen molar-refractivity contribution in [3.8, 4) is 17.2 Å². The number of carbonyl (C=O) groups excluding carboxylic acids is 2. The monoisotopic (exact) mass is 403 g/mol. The topological polar surface area (TPSA) is 99.6 Å². The maximum atomic E-state index is 12.6. The van der Waals surface area contributed by atoms with Crippen molar-refractivity contribution in [2.45, 2.75) is 0 Å². The number of nitrogens with zero attached hydrogens (tertiary/aromatic N) is 2. The highest BCUT2D eigenvalue weighted by molar-refractivity contribution is 6.20. The van der Waals surface area contributed by atoms with Gasteiger partial charge in [-0.3, -0.25) is 9.59 Å². The number of allylic oxidation sites excluding steroid dienone is 2. The molecular formula is C22H17N3O5. The summed E-state index contributed by atoms with van der Waals surface area (Å²) in [6, 6.07) is 12.2. The van der Waals surface area contributed by atoms with E-state index in [9.17, 15) is 9.59 Å². The first-order valence-corrected chi connectivity index (χ1v) is 8.97. The second kappa shape index (κ2) is 8.04. The molecule has 0 spiro atoms. The average molecular weight is 403 g/mol. The molecule has 0 saturated heterocycles. The van der Waals surface area contributed by atoms with Gasteiger partial charge in [0.05, 0.1) is 25.4 Å². The molecule has 0 atom stereocenters. The SMILES string of the molecule is COc1cc2ncnc(NC3=CC(=O)C(Oc4ccccc4)=CC3=O)c2cc1OC. The first-order valence-electron chi connectivity index (χ1n) is 8.97. The van der Waals surface area contributed by atoms with Crippen molar-refractivity contribution in [2.24, 2.45) is 0 Å². The molecule has 2 aromatic carbocycles. The normalized spacial score (nSPS) is 13.5. The van der Waals surface area contributed by atoms with E-state index in [0.717, 1.165) is 6.08 Å². The highest BCUT2D eigenvalue weighted by Gasteiger charge is 2.23. The number of ketones is 2. The minimum Gasteiger partial charge on any atom is -0.493 e. The smallest absolute Gasteiger partial charge is 0.223 e. The number of methoxy groups -OCH3 is 2. The molecule has 0 unspecified atom stereocenters. The molecule has 30 heavy (non-hydrogen) atoms. The number of fused-ring (bicyclic) bond motifs is 1. The van der Waals surface area contributed by atoms with Crippen molar-refractivity contribution in [3.05, 3.63) is 72.4 Å². The minimum atomic E-state index is -0.432. The molecule has 0 bridgehead atoms. The molecule has 8 heteroatoms. The molecule has 0 saturated carbocycles. The Morgan fingerprint density at radius 3 is 2.33 bits per heavy atom. The molecule has 150 valence electrons. The van der Waals surface area contributed by atoms with Crippen LogP contribution in [0.3, 0.4) is 0 Å².